The lowest BCUT2D eigenvalue weighted by atomic mass is 10.1. The Balaban J connectivity index is 2.00. The fraction of sp³-hybridized carbons (Fsp3) is 0.231. The van der Waals surface area contributed by atoms with Crippen molar-refractivity contribution in [1.29, 1.82) is 5.41 Å². The number of carbonyl (C=O) groups is 1. The number of carboxylic acid groups (broad SMARTS) is 1. The first kappa shape index (κ1) is 11.4. The van der Waals surface area contributed by atoms with Gasteiger partial charge in [-0.1, -0.05) is 18.2 Å². The summed E-state index contributed by atoms with van der Waals surface area (Å²) in [4.78, 5) is 13.7. The van der Waals surface area contributed by atoms with Gasteiger partial charge < -0.3 is 10.1 Å². The molecular weight excluding hydrogens is 216 g/mol. The van der Waals surface area contributed by atoms with Crippen LogP contribution in [0.25, 0.3) is 10.9 Å². The highest BCUT2D eigenvalue weighted by molar-refractivity contribution is 6.34. The summed E-state index contributed by atoms with van der Waals surface area (Å²) in [5, 5.41) is 17.0. The third-order valence-corrected chi connectivity index (χ3v) is 2.81. The van der Waals surface area contributed by atoms with Gasteiger partial charge in [-0.05, 0) is 30.9 Å². The quantitative estimate of drug-likeness (QED) is 0.690. The second-order valence-electron chi connectivity index (χ2n) is 4.00. The number of aryl methyl sites for hydroxylation is 1. The highest BCUT2D eigenvalue weighted by Crippen LogP contribution is 2.19. The first-order valence-electron chi connectivity index (χ1n) is 5.54. The molecule has 0 unspecified atom stereocenters. The van der Waals surface area contributed by atoms with E-state index >= 15 is 0 Å². The maximum atomic E-state index is 10.5. The van der Waals surface area contributed by atoms with E-state index in [0.29, 0.717) is 12.8 Å². The van der Waals surface area contributed by atoms with E-state index in [1.54, 1.807) is 0 Å². The molecule has 3 N–H and O–H groups in total. The van der Waals surface area contributed by atoms with Crippen molar-refractivity contribution in [1.82, 2.24) is 4.98 Å². The van der Waals surface area contributed by atoms with Gasteiger partial charge in [-0.3, -0.25) is 5.41 Å². The zero-order valence-corrected chi connectivity index (χ0v) is 9.36. The number of benzene rings is 1. The summed E-state index contributed by atoms with van der Waals surface area (Å²) >= 11 is 0. The third-order valence-electron chi connectivity index (χ3n) is 2.81. The van der Waals surface area contributed by atoms with Gasteiger partial charge in [0.15, 0.2) is 0 Å². The second-order valence-corrected chi connectivity index (χ2v) is 4.00. The van der Waals surface area contributed by atoms with Crippen LogP contribution in [0.15, 0.2) is 30.5 Å². The van der Waals surface area contributed by atoms with E-state index in [2.05, 4.69) is 4.98 Å². The number of rotatable bonds is 5. The van der Waals surface area contributed by atoms with Crippen molar-refractivity contribution in [2.45, 2.75) is 19.3 Å². The Morgan fingerprint density at radius 2 is 2.12 bits per heavy atom. The van der Waals surface area contributed by atoms with Crippen LogP contribution in [0.3, 0.4) is 0 Å². The van der Waals surface area contributed by atoms with Gasteiger partial charge in [0.1, 0.15) is 5.71 Å². The molecule has 0 atom stereocenters. The number of hydrogen-bond donors (Lipinski definition) is 3. The zero-order valence-electron chi connectivity index (χ0n) is 9.36. The van der Waals surface area contributed by atoms with Crippen LogP contribution in [-0.4, -0.2) is 21.8 Å². The lowest BCUT2D eigenvalue weighted by molar-refractivity contribution is -0.129. The monoisotopic (exact) mass is 230 g/mol. The molecule has 0 saturated carbocycles. The Labute approximate surface area is 98.8 Å². The topological polar surface area (TPSA) is 76.9 Å². The summed E-state index contributed by atoms with van der Waals surface area (Å²) in [5.41, 5.74) is 2.06. The Morgan fingerprint density at radius 1 is 1.35 bits per heavy atom. The summed E-state index contributed by atoms with van der Waals surface area (Å²) in [6.45, 7) is 0. The standard InChI is InChI=1S/C13H14N2O2/c14-11(13(16)17)6-3-4-9-8-15-12-7-2-1-5-10(9)12/h1-2,5,7-8,14-15H,3-4,6H2,(H,16,17). The van der Waals surface area contributed by atoms with Crippen molar-refractivity contribution in [3.63, 3.8) is 0 Å². The van der Waals surface area contributed by atoms with Gasteiger partial charge in [-0.25, -0.2) is 4.79 Å². The van der Waals surface area contributed by atoms with E-state index < -0.39 is 5.97 Å². The number of carboxylic acids is 1. The molecule has 2 aromatic rings. The first-order valence-corrected chi connectivity index (χ1v) is 5.54. The molecule has 0 aliphatic heterocycles. The molecule has 0 aliphatic carbocycles. The molecule has 0 amide bonds. The summed E-state index contributed by atoms with van der Waals surface area (Å²) < 4.78 is 0. The predicted octanol–water partition coefficient (Wildman–Crippen LogP) is 2.59. The number of aliphatic carboxylic acids is 1. The fourth-order valence-corrected chi connectivity index (χ4v) is 1.90. The number of aromatic nitrogens is 1. The molecule has 88 valence electrons. The van der Waals surface area contributed by atoms with Crippen LogP contribution in [0.2, 0.25) is 0 Å². The molecule has 0 spiro atoms. The fourth-order valence-electron chi connectivity index (χ4n) is 1.90. The average molecular weight is 230 g/mol. The normalized spacial score (nSPS) is 10.6. The Kier molecular flexibility index (Phi) is 3.23. The number of para-hydroxylation sites is 1. The Morgan fingerprint density at radius 3 is 2.88 bits per heavy atom. The molecule has 1 heterocycles. The van der Waals surface area contributed by atoms with Crippen molar-refractivity contribution in [3.8, 4) is 0 Å². The molecule has 0 fully saturated rings. The van der Waals surface area contributed by atoms with Gasteiger partial charge in [0.05, 0.1) is 0 Å². The van der Waals surface area contributed by atoms with Crippen LogP contribution < -0.4 is 0 Å². The van der Waals surface area contributed by atoms with Gasteiger partial charge in [-0.2, -0.15) is 0 Å². The molecule has 2 rings (SSSR count). The maximum Gasteiger partial charge on any atom is 0.349 e. The molecule has 4 nitrogen and oxygen atoms in total. The minimum Gasteiger partial charge on any atom is -0.477 e. The lowest BCUT2D eigenvalue weighted by Crippen LogP contribution is -2.11. The van der Waals surface area contributed by atoms with Gasteiger partial charge >= 0.3 is 5.97 Å². The van der Waals surface area contributed by atoms with Crippen LogP contribution in [0, 0.1) is 5.41 Å². The number of nitrogens with one attached hydrogen (secondary N) is 2. The molecule has 1 aromatic carbocycles. The molecule has 0 aliphatic rings. The third kappa shape index (κ3) is 2.53. The molecule has 4 heteroatoms. The van der Waals surface area contributed by atoms with E-state index in [1.165, 1.54) is 10.9 Å². The Hall–Kier alpha value is -2.10. The summed E-state index contributed by atoms with van der Waals surface area (Å²) in [6.07, 6.45) is 3.75. The second kappa shape index (κ2) is 4.82. The van der Waals surface area contributed by atoms with E-state index in [0.717, 1.165) is 11.9 Å². The molecular formula is C13H14N2O2. The van der Waals surface area contributed by atoms with E-state index in [-0.39, 0.29) is 5.71 Å². The van der Waals surface area contributed by atoms with Gasteiger partial charge in [-0.15, -0.1) is 0 Å². The summed E-state index contributed by atoms with van der Waals surface area (Å²) in [7, 11) is 0. The van der Waals surface area contributed by atoms with E-state index in [1.807, 2.05) is 30.5 Å². The number of aromatic amines is 1. The molecule has 0 radical (unpaired) electrons. The van der Waals surface area contributed by atoms with Crippen LogP contribution in [0.5, 0.6) is 0 Å². The molecule has 0 saturated heterocycles. The van der Waals surface area contributed by atoms with Crippen molar-refractivity contribution in [3.05, 3.63) is 36.0 Å². The van der Waals surface area contributed by atoms with Crippen LogP contribution >= 0.6 is 0 Å². The van der Waals surface area contributed by atoms with Gasteiger partial charge in [0.25, 0.3) is 0 Å². The highest BCUT2D eigenvalue weighted by Gasteiger charge is 2.07. The Bertz CT molecular complexity index is 557. The largest absolute Gasteiger partial charge is 0.477 e. The van der Waals surface area contributed by atoms with Crippen LogP contribution in [0.4, 0.5) is 0 Å². The van der Waals surface area contributed by atoms with Crippen LogP contribution in [0.1, 0.15) is 18.4 Å². The first-order chi connectivity index (χ1) is 8.18. The van der Waals surface area contributed by atoms with Crippen molar-refractivity contribution >= 4 is 22.6 Å². The number of hydrogen-bond acceptors (Lipinski definition) is 2. The van der Waals surface area contributed by atoms with Crippen molar-refractivity contribution in [2.24, 2.45) is 0 Å². The number of fused-ring (bicyclic) bond motifs is 1. The minimum atomic E-state index is -1.12. The minimum absolute atomic E-state index is 0.218. The molecule has 17 heavy (non-hydrogen) atoms. The smallest absolute Gasteiger partial charge is 0.349 e. The van der Waals surface area contributed by atoms with E-state index in [9.17, 15) is 4.79 Å². The maximum absolute atomic E-state index is 10.5. The predicted molar refractivity (Wildman–Crippen MR) is 66.6 cm³/mol. The molecule has 0 bridgehead atoms. The van der Waals surface area contributed by atoms with Crippen molar-refractivity contribution < 1.29 is 9.90 Å². The summed E-state index contributed by atoms with van der Waals surface area (Å²) in [5.74, 6) is -1.12. The van der Waals surface area contributed by atoms with Gasteiger partial charge in [0, 0.05) is 17.1 Å². The van der Waals surface area contributed by atoms with Gasteiger partial charge in [0.2, 0.25) is 0 Å². The zero-order chi connectivity index (χ0) is 12.3. The van der Waals surface area contributed by atoms with E-state index in [4.69, 9.17) is 10.5 Å². The molecule has 1 aromatic heterocycles. The van der Waals surface area contributed by atoms with Crippen molar-refractivity contribution in [2.75, 3.05) is 0 Å². The average Bonchev–Trinajstić information content (AvgIpc) is 2.72. The van der Waals surface area contributed by atoms with Crippen LogP contribution in [-0.2, 0) is 11.2 Å². The lowest BCUT2D eigenvalue weighted by Gasteiger charge is -1.99. The SMILES string of the molecule is N=C(CCCc1c[nH]c2ccccc12)C(=O)O. The summed E-state index contributed by atoms with van der Waals surface area (Å²) in [6, 6.07) is 8.02. The number of H-pyrrole nitrogens is 1. The highest BCUT2D eigenvalue weighted by atomic mass is 16.4.